The quantitative estimate of drug-likeness (QED) is 0.816. The van der Waals surface area contributed by atoms with Crippen LogP contribution < -0.4 is 10.2 Å². The molecule has 7 heteroatoms. The Labute approximate surface area is 166 Å². The number of carbonyl (C=O) groups excluding carboxylic acids is 3. The van der Waals surface area contributed by atoms with Gasteiger partial charge >= 0.3 is 6.03 Å². The molecule has 7 nitrogen and oxygen atoms in total. The van der Waals surface area contributed by atoms with Gasteiger partial charge in [-0.1, -0.05) is 19.4 Å². The second-order valence-electron chi connectivity index (χ2n) is 7.61. The largest absolute Gasteiger partial charge is 0.346 e. The van der Waals surface area contributed by atoms with Gasteiger partial charge in [0, 0.05) is 56.9 Å². The topological polar surface area (TPSA) is 73.0 Å². The summed E-state index contributed by atoms with van der Waals surface area (Å²) in [4.78, 5) is 42.6. The van der Waals surface area contributed by atoms with Crippen LogP contribution in [-0.2, 0) is 4.79 Å². The molecule has 0 bridgehead atoms. The van der Waals surface area contributed by atoms with Crippen molar-refractivity contribution in [3.8, 4) is 0 Å². The van der Waals surface area contributed by atoms with Crippen LogP contribution in [0.3, 0.4) is 0 Å². The molecule has 3 rings (SSSR count). The third-order valence-corrected chi connectivity index (χ3v) is 5.62. The van der Waals surface area contributed by atoms with Gasteiger partial charge in [0.05, 0.1) is 0 Å². The monoisotopic (exact) mass is 386 g/mol. The molecule has 2 fully saturated rings. The fourth-order valence-electron chi connectivity index (χ4n) is 3.85. The molecule has 1 aromatic carbocycles. The Balaban J connectivity index is 1.58. The molecule has 0 radical (unpaired) electrons. The van der Waals surface area contributed by atoms with E-state index in [4.69, 9.17) is 0 Å². The van der Waals surface area contributed by atoms with Gasteiger partial charge in [0.2, 0.25) is 5.91 Å². The van der Waals surface area contributed by atoms with Crippen molar-refractivity contribution < 1.29 is 14.4 Å². The Morgan fingerprint density at radius 3 is 2.61 bits per heavy atom. The molecule has 2 aliphatic heterocycles. The summed E-state index contributed by atoms with van der Waals surface area (Å²) in [5.74, 6) is 0.167. The average molecular weight is 386 g/mol. The van der Waals surface area contributed by atoms with Crippen molar-refractivity contribution in [2.75, 3.05) is 44.7 Å². The summed E-state index contributed by atoms with van der Waals surface area (Å²) in [6.07, 6.45) is 3.50. The molecular weight excluding hydrogens is 356 g/mol. The molecule has 0 saturated carbocycles. The summed E-state index contributed by atoms with van der Waals surface area (Å²) in [6, 6.07) is 7.10. The first-order valence-corrected chi connectivity index (χ1v) is 10.2. The number of benzene rings is 1. The molecule has 0 spiro atoms. The highest BCUT2D eigenvalue weighted by Crippen LogP contribution is 2.23. The predicted molar refractivity (Wildman–Crippen MR) is 108 cm³/mol. The van der Waals surface area contributed by atoms with Gasteiger partial charge in [-0.2, -0.15) is 0 Å². The van der Waals surface area contributed by atoms with Crippen molar-refractivity contribution in [2.45, 2.75) is 32.6 Å². The van der Waals surface area contributed by atoms with Crippen LogP contribution in [0.25, 0.3) is 0 Å². The first-order chi connectivity index (χ1) is 13.5. The van der Waals surface area contributed by atoms with Crippen LogP contribution in [0.2, 0.25) is 0 Å². The Kier molecular flexibility index (Phi) is 6.54. The number of nitrogens with one attached hydrogen (secondary N) is 1. The van der Waals surface area contributed by atoms with E-state index in [-0.39, 0.29) is 23.8 Å². The van der Waals surface area contributed by atoms with E-state index in [1.807, 2.05) is 29.0 Å². The molecule has 2 saturated heterocycles. The summed E-state index contributed by atoms with van der Waals surface area (Å²) >= 11 is 0. The first-order valence-electron chi connectivity index (χ1n) is 10.2. The number of carbonyl (C=O) groups is 3. The van der Waals surface area contributed by atoms with E-state index in [2.05, 4.69) is 12.2 Å². The van der Waals surface area contributed by atoms with E-state index in [0.717, 1.165) is 25.1 Å². The zero-order chi connectivity index (χ0) is 20.1. The minimum atomic E-state index is -0.129. The van der Waals surface area contributed by atoms with Crippen molar-refractivity contribution in [3.05, 3.63) is 29.8 Å². The summed E-state index contributed by atoms with van der Waals surface area (Å²) in [5, 5.41) is 2.77. The number of likely N-dealkylation sites (tertiary alicyclic amines) is 1. The van der Waals surface area contributed by atoms with Crippen molar-refractivity contribution >= 4 is 23.5 Å². The predicted octanol–water partition coefficient (Wildman–Crippen LogP) is 2.33. The zero-order valence-corrected chi connectivity index (χ0v) is 16.8. The number of piperidine rings is 1. The van der Waals surface area contributed by atoms with E-state index in [9.17, 15) is 14.4 Å². The molecule has 0 aromatic heterocycles. The Hall–Kier alpha value is -2.57. The first kappa shape index (κ1) is 20.2. The SMILES string of the molecule is CCCCN(C)C(=O)C1CCN(C(=O)c2cccc(N3CCNC3=O)c2)CC1. The molecule has 2 heterocycles. The maximum absolute atomic E-state index is 12.9. The molecule has 0 unspecified atom stereocenters. The third kappa shape index (κ3) is 4.46. The molecule has 1 N–H and O–H groups in total. The lowest BCUT2D eigenvalue weighted by molar-refractivity contribution is -0.135. The Morgan fingerprint density at radius 2 is 1.96 bits per heavy atom. The molecule has 0 atom stereocenters. The van der Waals surface area contributed by atoms with Gasteiger partial charge in [-0.05, 0) is 37.5 Å². The normalized spacial score (nSPS) is 17.6. The van der Waals surface area contributed by atoms with Gasteiger partial charge in [0.15, 0.2) is 0 Å². The van der Waals surface area contributed by atoms with Crippen LogP contribution in [-0.4, -0.2) is 67.4 Å². The molecule has 152 valence electrons. The summed E-state index contributed by atoms with van der Waals surface area (Å²) < 4.78 is 0. The molecular formula is C21H30N4O3. The van der Waals surface area contributed by atoms with Crippen LogP contribution in [0.1, 0.15) is 43.0 Å². The minimum absolute atomic E-state index is 0.00513. The van der Waals surface area contributed by atoms with E-state index < -0.39 is 0 Å². The number of hydrogen-bond donors (Lipinski definition) is 1. The minimum Gasteiger partial charge on any atom is -0.346 e. The Bertz CT molecular complexity index is 728. The van der Waals surface area contributed by atoms with Gasteiger partial charge in [0.1, 0.15) is 0 Å². The summed E-state index contributed by atoms with van der Waals surface area (Å²) in [6.45, 7) is 5.32. The highest BCUT2D eigenvalue weighted by molar-refractivity contribution is 5.98. The van der Waals surface area contributed by atoms with E-state index in [1.165, 1.54) is 0 Å². The van der Waals surface area contributed by atoms with Crippen LogP contribution >= 0.6 is 0 Å². The average Bonchev–Trinajstić information content (AvgIpc) is 3.17. The number of urea groups is 1. The number of amides is 4. The standard InChI is InChI=1S/C21H30N4O3/c1-3-4-11-23(2)19(26)16-8-12-24(13-9-16)20(27)17-6-5-7-18(15-17)25-14-10-22-21(25)28/h5-7,15-16H,3-4,8-14H2,1-2H3,(H,22,28). The second-order valence-corrected chi connectivity index (χ2v) is 7.61. The van der Waals surface area contributed by atoms with Gasteiger partial charge in [-0.15, -0.1) is 0 Å². The molecule has 2 aliphatic rings. The Morgan fingerprint density at radius 1 is 1.21 bits per heavy atom. The molecule has 28 heavy (non-hydrogen) atoms. The maximum atomic E-state index is 12.9. The lowest BCUT2D eigenvalue weighted by Crippen LogP contribution is -2.43. The van der Waals surface area contributed by atoms with Gasteiger partial charge in [0.25, 0.3) is 5.91 Å². The van der Waals surface area contributed by atoms with Crippen LogP contribution in [0, 0.1) is 5.92 Å². The van der Waals surface area contributed by atoms with E-state index in [0.29, 0.717) is 44.6 Å². The van der Waals surface area contributed by atoms with Crippen molar-refractivity contribution in [2.24, 2.45) is 5.92 Å². The molecule has 1 aromatic rings. The fraction of sp³-hybridized carbons (Fsp3) is 0.571. The fourth-order valence-corrected chi connectivity index (χ4v) is 3.85. The number of unbranched alkanes of at least 4 members (excludes halogenated alkanes) is 1. The summed E-state index contributed by atoms with van der Waals surface area (Å²) in [5.41, 5.74) is 1.32. The number of anilines is 1. The zero-order valence-electron chi connectivity index (χ0n) is 16.8. The van der Waals surface area contributed by atoms with E-state index >= 15 is 0 Å². The summed E-state index contributed by atoms with van der Waals surface area (Å²) in [7, 11) is 1.87. The third-order valence-electron chi connectivity index (χ3n) is 5.62. The van der Waals surface area contributed by atoms with Crippen molar-refractivity contribution in [1.29, 1.82) is 0 Å². The number of nitrogens with zero attached hydrogens (tertiary/aromatic N) is 3. The lowest BCUT2D eigenvalue weighted by Gasteiger charge is -2.33. The highest BCUT2D eigenvalue weighted by atomic mass is 16.2. The lowest BCUT2D eigenvalue weighted by atomic mass is 9.94. The smallest absolute Gasteiger partial charge is 0.321 e. The van der Waals surface area contributed by atoms with Gasteiger partial charge in [-0.25, -0.2) is 4.79 Å². The molecule has 4 amide bonds. The van der Waals surface area contributed by atoms with Gasteiger partial charge in [-0.3, -0.25) is 14.5 Å². The number of rotatable bonds is 6. The van der Waals surface area contributed by atoms with Gasteiger partial charge < -0.3 is 15.1 Å². The van der Waals surface area contributed by atoms with Crippen molar-refractivity contribution in [1.82, 2.24) is 15.1 Å². The van der Waals surface area contributed by atoms with Crippen molar-refractivity contribution in [3.63, 3.8) is 0 Å². The molecule has 0 aliphatic carbocycles. The van der Waals surface area contributed by atoms with Crippen LogP contribution in [0.5, 0.6) is 0 Å². The highest BCUT2D eigenvalue weighted by Gasteiger charge is 2.30. The maximum Gasteiger partial charge on any atom is 0.321 e. The van der Waals surface area contributed by atoms with Crippen LogP contribution in [0.15, 0.2) is 24.3 Å². The van der Waals surface area contributed by atoms with E-state index in [1.54, 1.807) is 17.0 Å². The van der Waals surface area contributed by atoms with Crippen LogP contribution in [0.4, 0.5) is 10.5 Å². The second kappa shape index (κ2) is 9.08. The number of hydrogen-bond acceptors (Lipinski definition) is 3.